The number of nitrogens with zero attached hydrogens (tertiary/aromatic N) is 1. The second kappa shape index (κ2) is 7.48. The molecule has 20 heavy (non-hydrogen) atoms. The molecule has 0 amide bonds. The van der Waals surface area contributed by atoms with Crippen LogP contribution >= 0.6 is 11.3 Å². The van der Waals surface area contributed by atoms with Gasteiger partial charge in [-0.3, -0.25) is 4.90 Å². The first-order valence-electron chi connectivity index (χ1n) is 6.63. The van der Waals surface area contributed by atoms with E-state index in [4.69, 9.17) is 4.74 Å². The standard InChI is InChI=1S/C12H21N3O3S2/c1-13-9-11-8-12(10-19-11)20(16,17)14-2-3-15-4-6-18-7-5-15/h8,10,13-14H,2-7,9H2,1H3. The molecule has 0 atom stereocenters. The fourth-order valence-electron chi connectivity index (χ4n) is 2.01. The zero-order chi connectivity index (χ0) is 14.4. The van der Waals surface area contributed by atoms with Crippen LogP contribution < -0.4 is 10.0 Å². The lowest BCUT2D eigenvalue weighted by Gasteiger charge is -2.26. The third-order valence-electron chi connectivity index (χ3n) is 3.11. The molecular weight excluding hydrogens is 298 g/mol. The second-order valence-electron chi connectivity index (χ2n) is 4.63. The van der Waals surface area contributed by atoms with E-state index in [9.17, 15) is 8.42 Å². The first-order valence-corrected chi connectivity index (χ1v) is 9.00. The van der Waals surface area contributed by atoms with Crippen molar-refractivity contribution < 1.29 is 13.2 Å². The minimum atomic E-state index is -3.38. The van der Waals surface area contributed by atoms with Gasteiger partial charge in [-0.05, 0) is 13.1 Å². The normalized spacial score (nSPS) is 17.4. The molecule has 2 heterocycles. The molecule has 1 aromatic heterocycles. The van der Waals surface area contributed by atoms with Crippen molar-refractivity contribution in [3.05, 3.63) is 16.3 Å². The van der Waals surface area contributed by atoms with Crippen LogP contribution in [0.2, 0.25) is 0 Å². The van der Waals surface area contributed by atoms with Crippen molar-refractivity contribution in [2.45, 2.75) is 11.4 Å². The lowest BCUT2D eigenvalue weighted by Crippen LogP contribution is -2.41. The first-order chi connectivity index (χ1) is 9.62. The van der Waals surface area contributed by atoms with Gasteiger partial charge in [0, 0.05) is 43.0 Å². The lowest BCUT2D eigenvalue weighted by molar-refractivity contribution is 0.0390. The second-order valence-corrected chi connectivity index (χ2v) is 7.39. The van der Waals surface area contributed by atoms with Gasteiger partial charge in [0.15, 0.2) is 0 Å². The van der Waals surface area contributed by atoms with Crippen molar-refractivity contribution in [3.63, 3.8) is 0 Å². The molecule has 1 aromatic rings. The number of thiophene rings is 1. The van der Waals surface area contributed by atoms with E-state index in [0.29, 0.717) is 18.0 Å². The lowest BCUT2D eigenvalue weighted by atomic mass is 10.4. The topological polar surface area (TPSA) is 70.7 Å². The summed E-state index contributed by atoms with van der Waals surface area (Å²) in [6.07, 6.45) is 0. The van der Waals surface area contributed by atoms with E-state index in [1.807, 2.05) is 7.05 Å². The predicted octanol–water partition coefficient (Wildman–Crippen LogP) is 0.0780. The van der Waals surface area contributed by atoms with Gasteiger partial charge in [0.2, 0.25) is 10.0 Å². The molecular formula is C12H21N3O3S2. The largest absolute Gasteiger partial charge is 0.379 e. The highest BCUT2D eigenvalue weighted by Gasteiger charge is 2.17. The van der Waals surface area contributed by atoms with Gasteiger partial charge < -0.3 is 10.1 Å². The van der Waals surface area contributed by atoms with E-state index >= 15 is 0 Å². The number of nitrogens with one attached hydrogen (secondary N) is 2. The van der Waals surface area contributed by atoms with Crippen molar-refractivity contribution in [3.8, 4) is 0 Å². The molecule has 0 aliphatic carbocycles. The summed E-state index contributed by atoms with van der Waals surface area (Å²) in [5.41, 5.74) is 0. The zero-order valence-corrected chi connectivity index (χ0v) is 13.2. The molecule has 114 valence electrons. The van der Waals surface area contributed by atoms with Gasteiger partial charge in [-0.25, -0.2) is 13.1 Å². The fraction of sp³-hybridized carbons (Fsp3) is 0.667. The molecule has 8 heteroatoms. The first kappa shape index (κ1) is 15.9. The Morgan fingerprint density at radius 1 is 1.40 bits per heavy atom. The van der Waals surface area contributed by atoms with E-state index in [-0.39, 0.29) is 0 Å². The Morgan fingerprint density at radius 3 is 2.85 bits per heavy atom. The average molecular weight is 319 g/mol. The highest BCUT2D eigenvalue weighted by Crippen LogP contribution is 2.18. The Labute approximate surface area is 124 Å². The Bertz CT molecular complexity index is 510. The quantitative estimate of drug-likeness (QED) is 0.745. The molecule has 0 bridgehead atoms. The molecule has 0 saturated carbocycles. The van der Waals surface area contributed by atoms with Gasteiger partial charge >= 0.3 is 0 Å². The van der Waals surface area contributed by atoms with Crippen molar-refractivity contribution in [2.24, 2.45) is 0 Å². The van der Waals surface area contributed by atoms with Gasteiger partial charge in [0.1, 0.15) is 0 Å². The summed E-state index contributed by atoms with van der Waals surface area (Å²) in [6.45, 7) is 5.03. The van der Waals surface area contributed by atoms with Crippen molar-refractivity contribution in [1.29, 1.82) is 0 Å². The minimum absolute atomic E-state index is 0.356. The van der Waals surface area contributed by atoms with E-state index < -0.39 is 10.0 Å². The number of rotatable bonds is 7. The van der Waals surface area contributed by atoms with E-state index in [1.165, 1.54) is 11.3 Å². The van der Waals surface area contributed by atoms with Crippen molar-refractivity contribution in [2.75, 3.05) is 46.4 Å². The highest BCUT2D eigenvalue weighted by atomic mass is 32.2. The van der Waals surface area contributed by atoms with Crippen LogP contribution in [0.25, 0.3) is 0 Å². The SMILES string of the molecule is CNCc1cc(S(=O)(=O)NCCN2CCOCC2)cs1. The Morgan fingerprint density at radius 2 is 2.15 bits per heavy atom. The molecule has 0 aromatic carbocycles. The van der Waals surface area contributed by atoms with Crippen molar-refractivity contribution >= 4 is 21.4 Å². The summed E-state index contributed by atoms with van der Waals surface area (Å²) in [6, 6.07) is 1.72. The van der Waals surface area contributed by atoms with E-state index in [0.717, 1.165) is 37.7 Å². The molecule has 0 unspecified atom stereocenters. The molecule has 2 N–H and O–H groups in total. The van der Waals surface area contributed by atoms with Gasteiger partial charge in [-0.1, -0.05) is 0 Å². The monoisotopic (exact) mass is 319 g/mol. The van der Waals surface area contributed by atoms with E-state index in [2.05, 4.69) is 14.9 Å². The Kier molecular flexibility index (Phi) is 5.94. The molecule has 0 radical (unpaired) electrons. The van der Waals surface area contributed by atoms with Crippen LogP contribution in [0, 0.1) is 0 Å². The number of ether oxygens (including phenoxy) is 1. The van der Waals surface area contributed by atoms with Crippen LogP contribution in [0.5, 0.6) is 0 Å². The maximum atomic E-state index is 12.1. The van der Waals surface area contributed by atoms with Crippen LogP contribution in [-0.2, 0) is 21.3 Å². The summed E-state index contributed by atoms with van der Waals surface area (Å²) >= 11 is 1.45. The molecule has 1 aliphatic rings. The number of sulfonamides is 1. The molecule has 1 aliphatic heterocycles. The molecule has 1 saturated heterocycles. The van der Waals surface area contributed by atoms with Gasteiger partial charge in [-0.15, -0.1) is 11.3 Å². The highest BCUT2D eigenvalue weighted by molar-refractivity contribution is 7.89. The number of hydrogen-bond donors (Lipinski definition) is 2. The maximum absolute atomic E-state index is 12.1. The molecule has 2 rings (SSSR count). The van der Waals surface area contributed by atoms with Crippen LogP contribution in [0.4, 0.5) is 0 Å². The third kappa shape index (κ3) is 4.51. The van der Waals surface area contributed by atoms with Crippen LogP contribution in [0.1, 0.15) is 4.88 Å². The van der Waals surface area contributed by atoms with Gasteiger partial charge in [-0.2, -0.15) is 0 Å². The molecule has 1 fully saturated rings. The summed E-state index contributed by atoms with van der Waals surface area (Å²) < 4.78 is 32.2. The van der Waals surface area contributed by atoms with Crippen LogP contribution in [-0.4, -0.2) is 59.8 Å². The molecule has 6 nitrogen and oxygen atoms in total. The van der Waals surface area contributed by atoms with Crippen LogP contribution in [0.3, 0.4) is 0 Å². The summed E-state index contributed by atoms with van der Waals surface area (Å²) in [5.74, 6) is 0. The Balaban J connectivity index is 1.83. The van der Waals surface area contributed by atoms with Crippen LogP contribution in [0.15, 0.2) is 16.3 Å². The molecule has 0 spiro atoms. The number of morpholine rings is 1. The Hall–Kier alpha value is -0.510. The van der Waals surface area contributed by atoms with Gasteiger partial charge in [0.05, 0.1) is 18.1 Å². The van der Waals surface area contributed by atoms with Gasteiger partial charge in [0.25, 0.3) is 0 Å². The maximum Gasteiger partial charge on any atom is 0.241 e. The number of hydrogen-bond acceptors (Lipinski definition) is 6. The summed E-state index contributed by atoms with van der Waals surface area (Å²) in [4.78, 5) is 3.57. The summed E-state index contributed by atoms with van der Waals surface area (Å²) in [5, 5.41) is 4.70. The smallest absolute Gasteiger partial charge is 0.241 e. The minimum Gasteiger partial charge on any atom is -0.379 e. The predicted molar refractivity (Wildman–Crippen MR) is 79.5 cm³/mol. The fourth-order valence-corrected chi connectivity index (χ4v) is 4.32. The third-order valence-corrected chi connectivity index (χ3v) is 5.64. The van der Waals surface area contributed by atoms with E-state index in [1.54, 1.807) is 11.4 Å². The average Bonchev–Trinajstić information content (AvgIpc) is 2.90. The summed E-state index contributed by atoms with van der Waals surface area (Å²) in [7, 11) is -1.54. The van der Waals surface area contributed by atoms with Crippen molar-refractivity contribution in [1.82, 2.24) is 14.9 Å². The zero-order valence-electron chi connectivity index (χ0n) is 11.6.